The molecule has 1 amide bonds. The predicted octanol–water partition coefficient (Wildman–Crippen LogP) is 1.76. The molecule has 3 N–H and O–H groups in total. The van der Waals surface area contributed by atoms with E-state index < -0.39 is 0 Å². The van der Waals surface area contributed by atoms with Crippen molar-refractivity contribution in [3.8, 4) is 0 Å². The van der Waals surface area contributed by atoms with Crippen LogP contribution < -0.4 is 11.1 Å². The number of pyridine rings is 1. The summed E-state index contributed by atoms with van der Waals surface area (Å²) in [6, 6.07) is 1.38. The summed E-state index contributed by atoms with van der Waals surface area (Å²) in [4.78, 5) is 16.0. The van der Waals surface area contributed by atoms with Crippen molar-refractivity contribution < 1.29 is 9.32 Å². The number of carbonyl (C=O) groups is 1. The number of nitrogens with one attached hydrogen (secondary N) is 1. The van der Waals surface area contributed by atoms with Crippen LogP contribution in [0.1, 0.15) is 40.3 Å². The zero-order chi connectivity index (χ0) is 14.0. The highest BCUT2D eigenvalue weighted by molar-refractivity contribution is 5.98. The van der Waals surface area contributed by atoms with Gasteiger partial charge in [0.1, 0.15) is 5.76 Å². The largest absolute Gasteiger partial charge is 0.398 e. The van der Waals surface area contributed by atoms with Crippen LogP contribution in [0.5, 0.6) is 0 Å². The Bertz CT molecular complexity index is 587. The first-order valence-electron chi connectivity index (χ1n) is 5.93. The summed E-state index contributed by atoms with van der Waals surface area (Å²) in [5.74, 6) is 0.433. The first-order valence-corrected chi connectivity index (χ1v) is 5.93. The Kier molecular flexibility index (Phi) is 3.50. The fourth-order valence-electron chi connectivity index (χ4n) is 2.05. The van der Waals surface area contributed by atoms with Crippen LogP contribution >= 0.6 is 0 Å². The third-order valence-electron chi connectivity index (χ3n) is 2.97. The van der Waals surface area contributed by atoms with Crippen LogP contribution in [0.4, 0.5) is 5.69 Å². The topological polar surface area (TPSA) is 94.0 Å². The van der Waals surface area contributed by atoms with Crippen LogP contribution in [0.15, 0.2) is 23.0 Å². The van der Waals surface area contributed by atoms with Crippen molar-refractivity contribution >= 4 is 11.6 Å². The number of aryl methyl sites for hydroxylation is 2. The highest BCUT2D eigenvalue weighted by Gasteiger charge is 2.19. The molecule has 2 heterocycles. The lowest BCUT2D eigenvalue weighted by Crippen LogP contribution is -2.28. The molecule has 0 fully saturated rings. The number of aromatic nitrogens is 2. The molecule has 1 unspecified atom stereocenters. The summed E-state index contributed by atoms with van der Waals surface area (Å²) in [7, 11) is 0. The lowest BCUT2D eigenvalue weighted by Gasteiger charge is -2.14. The fraction of sp³-hybridized carbons (Fsp3) is 0.308. The van der Waals surface area contributed by atoms with Gasteiger partial charge in [-0.15, -0.1) is 0 Å². The van der Waals surface area contributed by atoms with Gasteiger partial charge in [-0.3, -0.25) is 9.78 Å². The minimum atomic E-state index is -0.266. The van der Waals surface area contributed by atoms with E-state index in [1.54, 1.807) is 12.3 Å². The van der Waals surface area contributed by atoms with Crippen molar-refractivity contribution in [2.75, 3.05) is 5.73 Å². The quantitative estimate of drug-likeness (QED) is 0.876. The number of nitrogens with zero attached hydrogens (tertiary/aromatic N) is 2. The maximum absolute atomic E-state index is 12.1. The lowest BCUT2D eigenvalue weighted by molar-refractivity contribution is 0.0940. The molecular formula is C13H16N4O2. The minimum absolute atomic E-state index is 0.210. The zero-order valence-electron chi connectivity index (χ0n) is 11.1. The van der Waals surface area contributed by atoms with E-state index >= 15 is 0 Å². The van der Waals surface area contributed by atoms with Gasteiger partial charge < -0.3 is 15.6 Å². The van der Waals surface area contributed by atoms with Crippen molar-refractivity contribution in [1.82, 2.24) is 15.5 Å². The van der Waals surface area contributed by atoms with E-state index in [-0.39, 0.29) is 11.9 Å². The maximum Gasteiger partial charge on any atom is 0.255 e. The smallest absolute Gasteiger partial charge is 0.255 e. The molecule has 6 nitrogen and oxygen atoms in total. The number of anilines is 1. The molecule has 0 radical (unpaired) electrons. The maximum atomic E-state index is 12.1. The molecule has 19 heavy (non-hydrogen) atoms. The van der Waals surface area contributed by atoms with Gasteiger partial charge in [0.15, 0.2) is 0 Å². The number of carbonyl (C=O) groups excluding carboxylic acids is 1. The standard InChI is InChI=1S/C13H16N4O2/c1-7(12-8(2)17-19-9(12)3)16-13(18)10-6-15-5-4-11(10)14/h4-7H,1-3H3,(H2,14,15)(H,16,18). The molecule has 2 aromatic heterocycles. The SMILES string of the molecule is Cc1noc(C)c1C(C)NC(=O)c1cnccc1N. The van der Waals surface area contributed by atoms with E-state index in [2.05, 4.69) is 15.5 Å². The number of nitrogens with two attached hydrogens (primary N) is 1. The zero-order valence-corrected chi connectivity index (χ0v) is 11.1. The van der Waals surface area contributed by atoms with Gasteiger partial charge in [0, 0.05) is 23.6 Å². The van der Waals surface area contributed by atoms with Crippen molar-refractivity contribution in [2.24, 2.45) is 0 Å². The molecule has 0 bridgehead atoms. The van der Waals surface area contributed by atoms with Crippen LogP contribution in [0.3, 0.4) is 0 Å². The number of hydrogen-bond donors (Lipinski definition) is 2. The van der Waals surface area contributed by atoms with E-state index in [0.717, 1.165) is 11.3 Å². The molecule has 0 aromatic carbocycles. The normalized spacial score (nSPS) is 12.2. The summed E-state index contributed by atoms with van der Waals surface area (Å²) in [6.45, 7) is 5.53. The van der Waals surface area contributed by atoms with E-state index in [9.17, 15) is 4.79 Å². The van der Waals surface area contributed by atoms with Gasteiger partial charge in [-0.25, -0.2) is 0 Å². The van der Waals surface area contributed by atoms with Crippen LogP contribution in [0.25, 0.3) is 0 Å². The molecule has 100 valence electrons. The fourth-order valence-corrected chi connectivity index (χ4v) is 2.05. The summed E-state index contributed by atoms with van der Waals surface area (Å²) < 4.78 is 5.09. The van der Waals surface area contributed by atoms with Crippen LogP contribution in [0, 0.1) is 13.8 Å². The molecule has 2 aromatic rings. The monoisotopic (exact) mass is 260 g/mol. The Balaban J connectivity index is 2.18. The first kappa shape index (κ1) is 13.1. The molecule has 0 spiro atoms. The molecule has 0 aliphatic rings. The van der Waals surface area contributed by atoms with Gasteiger partial charge in [-0.05, 0) is 26.8 Å². The molecule has 0 aliphatic carbocycles. The van der Waals surface area contributed by atoms with Crippen LogP contribution in [-0.4, -0.2) is 16.0 Å². The van der Waals surface area contributed by atoms with E-state index in [4.69, 9.17) is 10.3 Å². The molecule has 0 saturated carbocycles. The van der Waals surface area contributed by atoms with E-state index in [0.29, 0.717) is 17.0 Å². The number of nitrogen functional groups attached to an aromatic ring is 1. The Morgan fingerprint density at radius 3 is 2.79 bits per heavy atom. The van der Waals surface area contributed by atoms with Crippen molar-refractivity contribution in [3.05, 3.63) is 41.0 Å². The summed E-state index contributed by atoms with van der Waals surface area (Å²) in [5.41, 5.74) is 8.16. The van der Waals surface area contributed by atoms with Crippen molar-refractivity contribution in [2.45, 2.75) is 26.8 Å². The van der Waals surface area contributed by atoms with Crippen molar-refractivity contribution in [1.29, 1.82) is 0 Å². The molecule has 0 saturated heterocycles. The second-order valence-electron chi connectivity index (χ2n) is 4.40. The third kappa shape index (κ3) is 2.57. The number of rotatable bonds is 3. The summed E-state index contributed by atoms with van der Waals surface area (Å²) in [5, 5.41) is 6.73. The van der Waals surface area contributed by atoms with E-state index in [1.165, 1.54) is 6.20 Å². The van der Waals surface area contributed by atoms with E-state index in [1.807, 2.05) is 20.8 Å². The Morgan fingerprint density at radius 1 is 1.47 bits per heavy atom. The Morgan fingerprint density at radius 2 is 2.21 bits per heavy atom. The highest BCUT2D eigenvalue weighted by Crippen LogP contribution is 2.21. The van der Waals surface area contributed by atoms with Gasteiger partial charge in [0.2, 0.25) is 0 Å². The summed E-state index contributed by atoms with van der Waals surface area (Å²) >= 11 is 0. The molecule has 6 heteroatoms. The van der Waals surface area contributed by atoms with Gasteiger partial charge >= 0.3 is 0 Å². The third-order valence-corrected chi connectivity index (χ3v) is 2.97. The second-order valence-corrected chi connectivity index (χ2v) is 4.40. The van der Waals surface area contributed by atoms with Gasteiger partial charge in [-0.1, -0.05) is 5.16 Å². The minimum Gasteiger partial charge on any atom is -0.398 e. The molecule has 0 aliphatic heterocycles. The van der Waals surface area contributed by atoms with Crippen molar-refractivity contribution in [3.63, 3.8) is 0 Å². The first-order chi connectivity index (χ1) is 9.00. The molecule has 1 atom stereocenters. The highest BCUT2D eigenvalue weighted by atomic mass is 16.5. The van der Waals surface area contributed by atoms with Gasteiger partial charge in [0.05, 0.1) is 17.3 Å². The molecular weight excluding hydrogens is 244 g/mol. The second kappa shape index (κ2) is 5.09. The average Bonchev–Trinajstić information content (AvgIpc) is 2.69. The van der Waals surface area contributed by atoms with Gasteiger partial charge in [0.25, 0.3) is 5.91 Å². The Labute approximate surface area is 111 Å². The van der Waals surface area contributed by atoms with Crippen LogP contribution in [0.2, 0.25) is 0 Å². The van der Waals surface area contributed by atoms with Crippen LogP contribution in [-0.2, 0) is 0 Å². The number of hydrogen-bond acceptors (Lipinski definition) is 5. The average molecular weight is 260 g/mol. The molecule has 2 rings (SSSR count). The number of amides is 1. The summed E-state index contributed by atoms with van der Waals surface area (Å²) in [6.07, 6.45) is 2.99. The lowest BCUT2D eigenvalue weighted by atomic mass is 10.1. The van der Waals surface area contributed by atoms with Gasteiger partial charge in [-0.2, -0.15) is 0 Å². The Hall–Kier alpha value is -2.37. The predicted molar refractivity (Wildman–Crippen MR) is 70.5 cm³/mol.